The normalized spacial score (nSPS) is 22.6. The SMILES string of the molecule is CNC1CCC(N(C)C(=O)c2ccc(F)cc2F)CC1. The molecule has 1 N–H and O–H groups in total. The van der Waals surface area contributed by atoms with Gasteiger partial charge in [-0.25, -0.2) is 8.78 Å². The molecule has 20 heavy (non-hydrogen) atoms. The Hall–Kier alpha value is -1.49. The average molecular weight is 282 g/mol. The third-order valence-electron chi connectivity index (χ3n) is 4.13. The number of rotatable bonds is 3. The summed E-state index contributed by atoms with van der Waals surface area (Å²) in [5.74, 6) is -1.85. The Morgan fingerprint density at radius 3 is 2.45 bits per heavy atom. The van der Waals surface area contributed by atoms with E-state index in [2.05, 4.69) is 5.32 Å². The van der Waals surface area contributed by atoms with Crippen molar-refractivity contribution in [3.05, 3.63) is 35.4 Å². The molecule has 1 aliphatic carbocycles. The van der Waals surface area contributed by atoms with Crippen LogP contribution in [0.2, 0.25) is 0 Å². The zero-order valence-corrected chi connectivity index (χ0v) is 11.8. The fourth-order valence-corrected chi connectivity index (χ4v) is 2.77. The van der Waals surface area contributed by atoms with Gasteiger partial charge in [-0.15, -0.1) is 0 Å². The molecule has 0 saturated heterocycles. The number of nitrogens with zero attached hydrogens (tertiary/aromatic N) is 1. The van der Waals surface area contributed by atoms with Crippen LogP contribution in [0.1, 0.15) is 36.0 Å². The Bertz CT molecular complexity index is 485. The van der Waals surface area contributed by atoms with E-state index in [-0.39, 0.29) is 17.5 Å². The van der Waals surface area contributed by atoms with E-state index in [1.807, 2.05) is 7.05 Å². The molecular weight excluding hydrogens is 262 g/mol. The van der Waals surface area contributed by atoms with Gasteiger partial charge in [-0.2, -0.15) is 0 Å². The van der Waals surface area contributed by atoms with Gasteiger partial charge in [-0.1, -0.05) is 0 Å². The second kappa shape index (κ2) is 6.31. The first kappa shape index (κ1) is 14.9. The maximum Gasteiger partial charge on any atom is 0.256 e. The Labute approximate surface area is 118 Å². The zero-order valence-electron chi connectivity index (χ0n) is 11.8. The smallest absolute Gasteiger partial charge is 0.256 e. The molecule has 0 radical (unpaired) electrons. The summed E-state index contributed by atoms with van der Waals surface area (Å²) in [7, 11) is 3.63. The minimum absolute atomic E-state index is 0.0651. The van der Waals surface area contributed by atoms with Crippen molar-refractivity contribution in [1.82, 2.24) is 10.2 Å². The van der Waals surface area contributed by atoms with Crippen LogP contribution in [0.3, 0.4) is 0 Å². The number of hydrogen-bond donors (Lipinski definition) is 1. The summed E-state index contributed by atoms with van der Waals surface area (Å²) in [6.45, 7) is 0. The quantitative estimate of drug-likeness (QED) is 0.924. The highest BCUT2D eigenvalue weighted by Crippen LogP contribution is 2.24. The van der Waals surface area contributed by atoms with Crippen LogP contribution in [0, 0.1) is 11.6 Å². The van der Waals surface area contributed by atoms with Crippen LogP contribution >= 0.6 is 0 Å². The Morgan fingerprint density at radius 1 is 1.25 bits per heavy atom. The summed E-state index contributed by atoms with van der Waals surface area (Å²) in [5, 5.41) is 3.23. The van der Waals surface area contributed by atoms with Crippen LogP contribution in [0.15, 0.2) is 18.2 Å². The van der Waals surface area contributed by atoms with Crippen molar-refractivity contribution in [2.24, 2.45) is 0 Å². The van der Waals surface area contributed by atoms with Gasteiger partial charge in [-0.05, 0) is 44.9 Å². The van der Waals surface area contributed by atoms with Gasteiger partial charge in [0.15, 0.2) is 0 Å². The van der Waals surface area contributed by atoms with E-state index in [0.717, 1.165) is 37.8 Å². The Balaban J connectivity index is 2.05. The van der Waals surface area contributed by atoms with E-state index < -0.39 is 11.6 Å². The fraction of sp³-hybridized carbons (Fsp3) is 0.533. The van der Waals surface area contributed by atoms with E-state index in [4.69, 9.17) is 0 Å². The van der Waals surface area contributed by atoms with E-state index in [0.29, 0.717) is 6.04 Å². The predicted octanol–water partition coefficient (Wildman–Crippen LogP) is 2.57. The molecule has 1 saturated carbocycles. The van der Waals surface area contributed by atoms with E-state index in [9.17, 15) is 13.6 Å². The minimum atomic E-state index is -0.800. The number of amides is 1. The van der Waals surface area contributed by atoms with Crippen molar-refractivity contribution in [1.29, 1.82) is 0 Å². The molecule has 0 heterocycles. The molecule has 0 spiro atoms. The highest BCUT2D eigenvalue weighted by atomic mass is 19.1. The number of nitrogens with one attached hydrogen (secondary N) is 1. The Morgan fingerprint density at radius 2 is 1.90 bits per heavy atom. The number of carbonyl (C=O) groups excluding carboxylic acids is 1. The van der Waals surface area contributed by atoms with Gasteiger partial charge in [0.05, 0.1) is 5.56 Å². The van der Waals surface area contributed by atoms with Gasteiger partial charge in [0.1, 0.15) is 11.6 Å². The summed E-state index contributed by atoms with van der Waals surface area (Å²) >= 11 is 0. The third-order valence-corrected chi connectivity index (χ3v) is 4.13. The van der Waals surface area contributed by atoms with Crippen molar-refractivity contribution in [2.75, 3.05) is 14.1 Å². The lowest BCUT2D eigenvalue weighted by molar-refractivity contribution is 0.0681. The number of carbonyl (C=O) groups is 1. The summed E-state index contributed by atoms with van der Waals surface area (Å²) in [4.78, 5) is 13.9. The standard InChI is InChI=1S/C15H20F2N2O/c1-18-11-4-6-12(7-5-11)19(2)15(20)13-8-3-10(16)9-14(13)17/h3,8-9,11-12,18H,4-7H2,1-2H3. The molecule has 0 unspecified atom stereocenters. The first-order chi connectivity index (χ1) is 9.52. The minimum Gasteiger partial charge on any atom is -0.339 e. The van der Waals surface area contributed by atoms with Gasteiger partial charge in [0, 0.05) is 25.2 Å². The molecule has 0 bridgehead atoms. The molecule has 0 aliphatic heterocycles. The van der Waals surface area contributed by atoms with Crippen LogP contribution < -0.4 is 5.32 Å². The highest BCUT2D eigenvalue weighted by molar-refractivity contribution is 5.94. The fourth-order valence-electron chi connectivity index (χ4n) is 2.77. The van der Waals surface area contributed by atoms with Gasteiger partial charge in [0.2, 0.25) is 0 Å². The van der Waals surface area contributed by atoms with Crippen molar-refractivity contribution in [3.63, 3.8) is 0 Å². The van der Waals surface area contributed by atoms with Crippen LogP contribution in [-0.4, -0.2) is 37.0 Å². The predicted molar refractivity (Wildman–Crippen MR) is 73.6 cm³/mol. The molecule has 110 valence electrons. The second-order valence-electron chi connectivity index (χ2n) is 5.33. The van der Waals surface area contributed by atoms with Crippen molar-refractivity contribution < 1.29 is 13.6 Å². The van der Waals surface area contributed by atoms with E-state index >= 15 is 0 Å². The summed E-state index contributed by atoms with van der Waals surface area (Å²) < 4.78 is 26.5. The van der Waals surface area contributed by atoms with E-state index in [1.54, 1.807) is 11.9 Å². The number of benzene rings is 1. The topological polar surface area (TPSA) is 32.3 Å². The van der Waals surface area contributed by atoms with Crippen LogP contribution in [0.5, 0.6) is 0 Å². The second-order valence-corrected chi connectivity index (χ2v) is 5.33. The van der Waals surface area contributed by atoms with Crippen LogP contribution in [-0.2, 0) is 0 Å². The van der Waals surface area contributed by atoms with Gasteiger partial charge in [0.25, 0.3) is 5.91 Å². The van der Waals surface area contributed by atoms with Crippen LogP contribution in [0.25, 0.3) is 0 Å². The molecule has 5 heteroatoms. The first-order valence-electron chi connectivity index (χ1n) is 6.92. The molecule has 1 fully saturated rings. The van der Waals surface area contributed by atoms with Crippen LogP contribution in [0.4, 0.5) is 8.78 Å². The molecule has 3 nitrogen and oxygen atoms in total. The molecule has 1 aliphatic rings. The van der Waals surface area contributed by atoms with Crippen molar-refractivity contribution in [2.45, 2.75) is 37.8 Å². The maximum absolute atomic E-state index is 13.6. The largest absolute Gasteiger partial charge is 0.339 e. The molecule has 1 aromatic carbocycles. The first-order valence-corrected chi connectivity index (χ1v) is 6.92. The zero-order chi connectivity index (χ0) is 14.7. The number of halogens is 2. The van der Waals surface area contributed by atoms with Gasteiger partial charge < -0.3 is 10.2 Å². The summed E-state index contributed by atoms with van der Waals surface area (Å²) in [6.07, 6.45) is 3.81. The van der Waals surface area contributed by atoms with Crippen molar-refractivity contribution >= 4 is 5.91 Å². The molecule has 1 aromatic rings. The summed E-state index contributed by atoms with van der Waals surface area (Å²) in [6, 6.07) is 3.69. The summed E-state index contributed by atoms with van der Waals surface area (Å²) in [5.41, 5.74) is -0.0651. The number of hydrogen-bond acceptors (Lipinski definition) is 2. The lowest BCUT2D eigenvalue weighted by atomic mass is 9.90. The molecule has 0 atom stereocenters. The van der Waals surface area contributed by atoms with Gasteiger partial charge >= 0.3 is 0 Å². The third kappa shape index (κ3) is 3.15. The highest BCUT2D eigenvalue weighted by Gasteiger charge is 2.27. The molecule has 2 rings (SSSR count). The monoisotopic (exact) mass is 282 g/mol. The lowest BCUT2D eigenvalue weighted by Crippen LogP contribution is -2.42. The van der Waals surface area contributed by atoms with Gasteiger partial charge in [-0.3, -0.25) is 4.79 Å². The average Bonchev–Trinajstić information content (AvgIpc) is 2.46. The molecular formula is C15H20F2N2O. The molecule has 1 amide bonds. The van der Waals surface area contributed by atoms with E-state index in [1.165, 1.54) is 6.07 Å². The Kier molecular flexibility index (Phi) is 4.70. The maximum atomic E-state index is 13.6. The lowest BCUT2D eigenvalue weighted by Gasteiger charge is -2.34. The molecule has 0 aromatic heterocycles. The van der Waals surface area contributed by atoms with Crippen molar-refractivity contribution in [3.8, 4) is 0 Å².